The first-order chi connectivity index (χ1) is 62.2. The molecule has 130 heavy (non-hydrogen) atoms. The fourth-order valence-corrected chi connectivity index (χ4v) is 25.0. The number of piperidine rings is 1. The maximum Gasteiger partial charge on any atom is 0.407 e. The molecular weight excluding hydrogens is 1730 g/mol. The third kappa shape index (κ3) is 18.1. The van der Waals surface area contributed by atoms with Crippen LogP contribution in [0.15, 0.2) is 103 Å². The number of carbonyl (C=O) groups excluding carboxylic acids is 7. The zero-order valence-corrected chi connectivity index (χ0v) is 77.0. The molecule has 5 aliphatic carbocycles. The van der Waals surface area contributed by atoms with Crippen LogP contribution in [0.25, 0.3) is 66.8 Å². The third-order valence-corrected chi connectivity index (χ3v) is 32.4. The molecule has 8 heterocycles. The summed E-state index contributed by atoms with van der Waals surface area (Å²) in [5.74, 6) is -5.92. The van der Waals surface area contributed by atoms with E-state index in [1.165, 1.54) is 49.7 Å². The van der Waals surface area contributed by atoms with Gasteiger partial charge in [-0.05, 0) is 197 Å². The van der Waals surface area contributed by atoms with Crippen molar-refractivity contribution in [1.82, 2.24) is 55.2 Å². The van der Waals surface area contributed by atoms with Crippen molar-refractivity contribution in [2.24, 2.45) is 35.0 Å². The summed E-state index contributed by atoms with van der Waals surface area (Å²) in [6, 6.07) is 21.4. The molecule has 690 valence electrons. The molecule has 1 unspecified atom stereocenters. The van der Waals surface area contributed by atoms with Gasteiger partial charge in [-0.25, -0.2) is 38.3 Å². The molecule has 9 aliphatic rings. The van der Waals surface area contributed by atoms with E-state index in [1.54, 1.807) is 47.5 Å². The highest BCUT2D eigenvalue weighted by molar-refractivity contribution is 7.59. The lowest BCUT2D eigenvalue weighted by Gasteiger charge is -2.37. The molecular formula is C97H112ClF4N12O14PS. The number of amides is 5. The van der Waals surface area contributed by atoms with Gasteiger partial charge < -0.3 is 69.2 Å². The minimum absolute atomic E-state index is 0.0102. The lowest BCUT2D eigenvalue weighted by atomic mass is 9.94. The lowest BCUT2D eigenvalue weighted by molar-refractivity contribution is -0.154. The van der Waals surface area contributed by atoms with Crippen LogP contribution in [-0.2, 0) is 54.8 Å². The molecule has 12 atom stereocenters. The SMILES string of the molecule is COC(=O)N[C@H](C(=O)N1CC2(CC2)C[C@H]1c1ncc(-c2ccc3c(c2)C(F)(F)c2cc(-c4ccc5nc([C@@H]6[C@H]7CC[C@H](C7)N6C(=O)[C@@H](NC(=O)OC)C(C)C)[nH]c5c4)ccc2-3)[nH]1)C(C)C.COc1ccc2c(O[C@@H]3C[C@H]4C(=O)C[C@]5(P(=O)(O)Cc6c(F)cccc6F)C[C@H]5CCCCCCC[C@H](CC(=O)OC5CCCC5)C(=O)N4C3)cc(-c3csc(NC(C)C)n3)nc2c1Cl. The van der Waals surface area contributed by atoms with Gasteiger partial charge in [-0.1, -0.05) is 108 Å². The Labute approximate surface area is 761 Å². The van der Waals surface area contributed by atoms with E-state index in [0.29, 0.717) is 110 Å². The molecule has 26 nitrogen and oxygen atoms in total. The monoisotopic (exact) mass is 1840 g/mol. The summed E-state index contributed by atoms with van der Waals surface area (Å²) in [6.07, 6.45) is 12.4. The zero-order valence-electron chi connectivity index (χ0n) is 74.5. The molecule has 8 fully saturated rings. The van der Waals surface area contributed by atoms with E-state index in [-0.39, 0.29) is 125 Å². The maximum absolute atomic E-state index is 16.7. The van der Waals surface area contributed by atoms with E-state index >= 15 is 17.6 Å². The number of anilines is 1. The summed E-state index contributed by atoms with van der Waals surface area (Å²) in [7, 11) is -0.384. The number of H-pyrrole nitrogens is 2. The number of carbonyl (C=O) groups is 7. The average Bonchev–Trinajstić information content (AvgIpc) is 1.56. The van der Waals surface area contributed by atoms with E-state index in [4.69, 9.17) is 55.2 Å². The number of alkyl halides is 2. The quantitative estimate of drug-likeness (QED) is 0.0159. The summed E-state index contributed by atoms with van der Waals surface area (Å²) in [6.45, 7) is 12.1. The number of ketones is 1. The molecule has 4 saturated heterocycles. The number of halogens is 5. The van der Waals surface area contributed by atoms with Gasteiger partial charge in [0.1, 0.15) is 69.8 Å². The number of thiazole rings is 1. The predicted molar refractivity (Wildman–Crippen MR) is 484 cm³/mol. The fourth-order valence-electron chi connectivity index (χ4n) is 21.2. The number of esters is 1. The van der Waals surface area contributed by atoms with Crippen LogP contribution in [0.4, 0.5) is 32.3 Å². The molecule has 6 N–H and O–H groups in total. The minimum atomic E-state index is -4.44. The summed E-state index contributed by atoms with van der Waals surface area (Å²) in [5, 5.41) is 10.7. The normalized spacial score (nSPS) is 24.2. The van der Waals surface area contributed by atoms with Gasteiger partial charge in [0.25, 0.3) is 5.92 Å². The molecule has 5 amide bonds. The van der Waals surface area contributed by atoms with Crippen LogP contribution in [0, 0.1) is 46.6 Å². The number of pyridine rings is 1. The number of fused-ring (bicyclic) bond motifs is 9. The Morgan fingerprint density at radius 3 is 2.05 bits per heavy atom. The number of nitrogens with one attached hydrogen (secondary N) is 5. The number of aromatic nitrogens is 6. The van der Waals surface area contributed by atoms with Gasteiger partial charge in [-0.15, -0.1) is 11.3 Å². The first-order valence-electron chi connectivity index (χ1n) is 45.6. The van der Waals surface area contributed by atoms with E-state index < -0.39 is 95.9 Å². The van der Waals surface area contributed by atoms with E-state index in [2.05, 4.69) is 25.9 Å². The molecule has 2 bridgehead atoms. The zero-order chi connectivity index (χ0) is 91.7. The van der Waals surface area contributed by atoms with Crippen LogP contribution in [0.1, 0.15) is 217 Å². The molecule has 4 saturated carbocycles. The van der Waals surface area contributed by atoms with Crippen molar-refractivity contribution in [3.05, 3.63) is 148 Å². The number of rotatable bonds is 22. The van der Waals surface area contributed by atoms with Crippen molar-refractivity contribution >= 4 is 99.0 Å². The topological polar surface area (TPSA) is 332 Å². The number of Topliss-reactive ketones (excluding diaryl/α,β-unsaturated/α-hetero) is 1. The molecule has 4 aliphatic heterocycles. The van der Waals surface area contributed by atoms with Crippen LogP contribution in [0.5, 0.6) is 11.5 Å². The Kier molecular flexibility index (Phi) is 26.0. The Bertz CT molecular complexity index is 5900. The first kappa shape index (κ1) is 91.4. The van der Waals surface area contributed by atoms with Gasteiger partial charge in [0.15, 0.2) is 10.9 Å². The summed E-state index contributed by atoms with van der Waals surface area (Å²) < 4.78 is 106. The van der Waals surface area contributed by atoms with Gasteiger partial charge >= 0.3 is 18.2 Å². The number of imidazole rings is 2. The van der Waals surface area contributed by atoms with Gasteiger partial charge in [0, 0.05) is 76.5 Å². The van der Waals surface area contributed by atoms with Crippen molar-refractivity contribution in [2.45, 2.75) is 248 Å². The Morgan fingerprint density at radius 1 is 0.700 bits per heavy atom. The van der Waals surface area contributed by atoms with E-state index in [9.17, 15) is 43.0 Å². The second-order valence-electron chi connectivity index (χ2n) is 38.1. The van der Waals surface area contributed by atoms with Crippen LogP contribution in [0.3, 0.4) is 0 Å². The van der Waals surface area contributed by atoms with Crippen LogP contribution in [0.2, 0.25) is 5.02 Å². The number of alkyl carbamates (subject to hydrolysis) is 2. The van der Waals surface area contributed by atoms with Crippen molar-refractivity contribution in [1.29, 1.82) is 0 Å². The van der Waals surface area contributed by atoms with Gasteiger partial charge in [-0.2, -0.15) is 8.78 Å². The second kappa shape index (κ2) is 36.9. The molecule has 33 heteroatoms. The Morgan fingerprint density at radius 2 is 1.36 bits per heavy atom. The molecule has 4 aromatic heterocycles. The lowest BCUT2D eigenvalue weighted by Crippen LogP contribution is -2.54. The predicted octanol–water partition coefficient (Wildman–Crippen LogP) is 19.5. The Hall–Kier alpha value is -10.5. The average molecular weight is 1840 g/mol. The van der Waals surface area contributed by atoms with Gasteiger partial charge in [0.05, 0.1) is 97.9 Å². The number of nitrogens with zero attached hydrogens (tertiary/aromatic N) is 7. The maximum atomic E-state index is 16.7. The van der Waals surface area contributed by atoms with Crippen LogP contribution in [-0.4, -0.2) is 173 Å². The van der Waals surface area contributed by atoms with E-state index in [0.717, 1.165) is 113 Å². The number of benzene rings is 5. The fraction of sp³-hybridized carbons (Fsp3) is 0.515. The van der Waals surface area contributed by atoms with Crippen LogP contribution >= 0.6 is 30.3 Å². The van der Waals surface area contributed by atoms with Crippen LogP contribution < -0.4 is 25.4 Å². The minimum Gasteiger partial charge on any atom is -0.495 e. The number of aromatic amines is 2. The van der Waals surface area contributed by atoms with Crippen molar-refractivity contribution in [3.8, 4) is 56.4 Å². The largest absolute Gasteiger partial charge is 0.495 e. The van der Waals surface area contributed by atoms with Gasteiger partial charge in [0.2, 0.25) is 25.1 Å². The van der Waals surface area contributed by atoms with Crippen molar-refractivity contribution < 1.29 is 84.3 Å². The molecule has 18 rings (SSSR count). The highest BCUT2D eigenvalue weighted by Gasteiger charge is 2.66. The smallest absolute Gasteiger partial charge is 0.407 e. The second-order valence-corrected chi connectivity index (χ2v) is 41.9. The van der Waals surface area contributed by atoms with Crippen molar-refractivity contribution in [2.75, 3.05) is 39.7 Å². The third-order valence-electron chi connectivity index (χ3n) is 28.4. The number of methoxy groups -OCH3 is 3. The van der Waals surface area contributed by atoms with Crippen molar-refractivity contribution in [3.63, 3.8) is 0 Å². The number of hydrogen-bond acceptors (Lipinski definition) is 19. The molecule has 9 aromatic rings. The molecule has 1 spiro atoms. The Balaban J connectivity index is 0.000000182. The number of ether oxygens (including phenoxy) is 5. The molecule has 0 radical (unpaired) electrons. The number of hydrogen-bond donors (Lipinski definition) is 6. The molecule has 5 aromatic carbocycles. The highest BCUT2D eigenvalue weighted by Crippen LogP contribution is 2.75. The summed E-state index contributed by atoms with van der Waals surface area (Å²) in [4.78, 5) is 139. The summed E-state index contributed by atoms with van der Waals surface area (Å²) in [5.41, 5.74) is 5.65. The first-order valence-corrected chi connectivity index (χ1v) is 48.7. The highest BCUT2D eigenvalue weighted by atomic mass is 35.5. The standard InChI is InChI=1S/C49H54F2N8O6.C48H58ClF2N4O8PS/c1-24(2)39(56-46(62)64-5)44(60)58-23-48(15-16-48)21-38(58)42-52-22-37(55-42)28-9-13-32-31-12-8-26(18-33(31)49(50,51)34(32)19-28)27-10-14-35-36(20-27)54-43(53-35)41-29-7-11-30(17-29)59(41)45(61)40(25(3)4)57-47(63)65-6;1-28(2)52-47-54-38(27-65-47)37-22-42(33-18-19-41(61-3)44(49)45(33)53-37)62-32-21-39-40(56)24-48(64(59,60)26-34-35(50)16-11-17-36(34)51)23-30(48)13-8-6-4-5-7-12-29(46(58)55(39)25-32)20-43(57)63-31-14-9-10-15-31/h8-10,12-14,18-20,22,24-25,29-30,38-41H,7,11,15-17,21,23H2,1-6H3,(H,52,55)(H,53,54)(H,56,62)(H,57,63);11,16-19,22,27-32,39H,4-10,12-15,20-21,23-26H2,1-3H3,(H,52,54)(H,59,60)/t29-,30+,38-,39-,40-,41-;29-,30-,32-,39+,48-/m01/s1. The van der Waals surface area contributed by atoms with E-state index in [1.807, 2.05) is 82.2 Å². The summed E-state index contributed by atoms with van der Waals surface area (Å²) >= 11 is 8.31. The van der Waals surface area contributed by atoms with Gasteiger partial charge in [-0.3, -0.25) is 28.5 Å². The number of likely N-dealkylation sites (tertiary alicyclic amines) is 2.